The standard InChI is InChI=1S/C9H12FNS/c1-12-9-5-3-2-4-8(9)11-7-6-10/h2-5,11H,6-7H2,1H3. The summed E-state index contributed by atoms with van der Waals surface area (Å²) in [6, 6.07) is 7.90. The fourth-order valence-electron chi connectivity index (χ4n) is 0.973. The van der Waals surface area contributed by atoms with E-state index in [1.165, 1.54) is 0 Å². The van der Waals surface area contributed by atoms with Gasteiger partial charge in [0.05, 0.1) is 0 Å². The van der Waals surface area contributed by atoms with E-state index in [2.05, 4.69) is 5.32 Å². The first-order chi connectivity index (χ1) is 5.88. The zero-order valence-electron chi connectivity index (χ0n) is 7.01. The van der Waals surface area contributed by atoms with Crippen molar-refractivity contribution in [2.75, 3.05) is 24.8 Å². The molecule has 0 aromatic heterocycles. The summed E-state index contributed by atoms with van der Waals surface area (Å²) in [6.07, 6.45) is 2.01. The Hall–Kier alpha value is -0.700. The Balaban J connectivity index is 2.68. The molecule has 12 heavy (non-hydrogen) atoms. The summed E-state index contributed by atoms with van der Waals surface area (Å²) in [7, 11) is 0. The molecule has 0 aliphatic carbocycles. The first-order valence-electron chi connectivity index (χ1n) is 3.81. The predicted molar refractivity (Wildman–Crippen MR) is 52.7 cm³/mol. The van der Waals surface area contributed by atoms with Gasteiger partial charge in [0, 0.05) is 17.1 Å². The lowest BCUT2D eigenvalue weighted by molar-refractivity contribution is 0.512. The van der Waals surface area contributed by atoms with Crippen molar-refractivity contribution >= 4 is 17.4 Å². The van der Waals surface area contributed by atoms with E-state index in [0.29, 0.717) is 6.54 Å². The number of para-hydroxylation sites is 1. The Morgan fingerprint density at radius 1 is 1.42 bits per heavy atom. The zero-order valence-corrected chi connectivity index (χ0v) is 7.83. The molecule has 0 saturated heterocycles. The van der Waals surface area contributed by atoms with E-state index in [1.807, 2.05) is 30.5 Å². The van der Waals surface area contributed by atoms with Crippen LogP contribution in [0.3, 0.4) is 0 Å². The molecule has 0 radical (unpaired) electrons. The van der Waals surface area contributed by atoms with Crippen molar-refractivity contribution in [3.8, 4) is 0 Å². The van der Waals surface area contributed by atoms with Crippen LogP contribution >= 0.6 is 11.8 Å². The lowest BCUT2D eigenvalue weighted by atomic mass is 10.3. The van der Waals surface area contributed by atoms with Crippen LogP contribution in [0.25, 0.3) is 0 Å². The second-order valence-corrected chi connectivity index (χ2v) is 3.16. The largest absolute Gasteiger partial charge is 0.382 e. The summed E-state index contributed by atoms with van der Waals surface area (Å²) >= 11 is 1.66. The summed E-state index contributed by atoms with van der Waals surface area (Å²) in [5, 5.41) is 3.02. The fourth-order valence-corrected chi connectivity index (χ4v) is 1.55. The number of nitrogens with one attached hydrogen (secondary N) is 1. The SMILES string of the molecule is CSc1ccccc1NCCF. The molecule has 0 bridgehead atoms. The number of thioether (sulfide) groups is 1. The van der Waals surface area contributed by atoms with Gasteiger partial charge in [-0.25, -0.2) is 4.39 Å². The van der Waals surface area contributed by atoms with Crippen molar-refractivity contribution in [2.24, 2.45) is 0 Å². The maximum absolute atomic E-state index is 11.8. The van der Waals surface area contributed by atoms with Gasteiger partial charge in [-0.1, -0.05) is 12.1 Å². The van der Waals surface area contributed by atoms with Gasteiger partial charge in [0.25, 0.3) is 0 Å². The van der Waals surface area contributed by atoms with Crippen molar-refractivity contribution in [1.29, 1.82) is 0 Å². The maximum atomic E-state index is 11.8. The minimum atomic E-state index is -0.331. The molecule has 3 heteroatoms. The first kappa shape index (κ1) is 9.39. The van der Waals surface area contributed by atoms with E-state index < -0.39 is 0 Å². The molecule has 1 aromatic rings. The molecule has 0 heterocycles. The lowest BCUT2D eigenvalue weighted by Gasteiger charge is -2.07. The van der Waals surface area contributed by atoms with Crippen LogP contribution in [-0.2, 0) is 0 Å². The van der Waals surface area contributed by atoms with Gasteiger partial charge in [-0.15, -0.1) is 11.8 Å². The lowest BCUT2D eigenvalue weighted by Crippen LogP contribution is -2.03. The van der Waals surface area contributed by atoms with Crippen LogP contribution in [0.15, 0.2) is 29.2 Å². The van der Waals surface area contributed by atoms with Crippen LogP contribution < -0.4 is 5.32 Å². The number of halogens is 1. The van der Waals surface area contributed by atoms with Gasteiger partial charge in [0.15, 0.2) is 0 Å². The Morgan fingerprint density at radius 2 is 2.17 bits per heavy atom. The summed E-state index contributed by atoms with van der Waals surface area (Å²) in [5.74, 6) is 0. The average molecular weight is 185 g/mol. The molecule has 0 amide bonds. The van der Waals surface area contributed by atoms with Crippen LogP contribution in [0.1, 0.15) is 0 Å². The monoisotopic (exact) mass is 185 g/mol. The minimum absolute atomic E-state index is 0.331. The molecule has 0 spiro atoms. The Bertz CT molecular complexity index is 240. The molecule has 0 unspecified atom stereocenters. The van der Waals surface area contributed by atoms with Gasteiger partial charge in [-0.3, -0.25) is 0 Å². The van der Waals surface area contributed by atoms with E-state index in [0.717, 1.165) is 10.6 Å². The molecule has 1 N–H and O–H groups in total. The first-order valence-corrected chi connectivity index (χ1v) is 5.04. The number of hydrogen-bond acceptors (Lipinski definition) is 2. The Morgan fingerprint density at radius 3 is 2.83 bits per heavy atom. The zero-order chi connectivity index (χ0) is 8.81. The van der Waals surface area contributed by atoms with Gasteiger partial charge in [0.2, 0.25) is 0 Å². The van der Waals surface area contributed by atoms with Crippen LogP contribution in [0, 0.1) is 0 Å². The molecule has 0 fully saturated rings. The van der Waals surface area contributed by atoms with E-state index in [9.17, 15) is 4.39 Å². The van der Waals surface area contributed by atoms with E-state index >= 15 is 0 Å². The third-order valence-electron chi connectivity index (χ3n) is 1.52. The van der Waals surface area contributed by atoms with Gasteiger partial charge < -0.3 is 5.32 Å². The molecule has 0 aliphatic heterocycles. The number of alkyl halides is 1. The van der Waals surface area contributed by atoms with Crippen molar-refractivity contribution < 1.29 is 4.39 Å². The van der Waals surface area contributed by atoms with Crippen molar-refractivity contribution in [1.82, 2.24) is 0 Å². The van der Waals surface area contributed by atoms with Crippen molar-refractivity contribution in [2.45, 2.75) is 4.90 Å². The van der Waals surface area contributed by atoms with Gasteiger partial charge >= 0.3 is 0 Å². The predicted octanol–water partition coefficient (Wildman–Crippen LogP) is 2.79. The van der Waals surface area contributed by atoms with Gasteiger partial charge in [-0.2, -0.15) is 0 Å². The summed E-state index contributed by atoms with van der Waals surface area (Å²) in [4.78, 5) is 1.16. The highest BCUT2D eigenvalue weighted by molar-refractivity contribution is 7.98. The highest BCUT2D eigenvalue weighted by Crippen LogP contribution is 2.24. The number of benzene rings is 1. The normalized spacial score (nSPS) is 9.83. The number of rotatable bonds is 4. The highest BCUT2D eigenvalue weighted by Gasteiger charge is 1.97. The molecular formula is C9H12FNS. The van der Waals surface area contributed by atoms with E-state index in [1.54, 1.807) is 11.8 Å². The van der Waals surface area contributed by atoms with Gasteiger partial charge in [-0.05, 0) is 18.4 Å². The molecule has 1 aromatic carbocycles. The third kappa shape index (κ3) is 2.41. The second kappa shape index (κ2) is 5.04. The molecule has 0 saturated carbocycles. The molecule has 0 aliphatic rings. The minimum Gasteiger partial charge on any atom is -0.382 e. The van der Waals surface area contributed by atoms with Crippen molar-refractivity contribution in [3.05, 3.63) is 24.3 Å². The topological polar surface area (TPSA) is 12.0 Å². The molecule has 1 rings (SSSR count). The quantitative estimate of drug-likeness (QED) is 0.724. The summed E-state index contributed by atoms with van der Waals surface area (Å²) in [6.45, 7) is 0.0558. The van der Waals surface area contributed by atoms with Gasteiger partial charge in [0.1, 0.15) is 6.67 Å². The maximum Gasteiger partial charge on any atom is 0.107 e. The van der Waals surface area contributed by atoms with Crippen LogP contribution in [-0.4, -0.2) is 19.5 Å². The average Bonchev–Trinajstić information content (AvgIpc) is 2.15. The molecule has 1 nitrogen and oxygen atoms in total. The van der Waals surface area contributed by atoms with Crippen molar-refractivity contribution in [3.63, 3.8) is 0 Å². The summed E-state index contributed by atoms with van der Waals surface area (Å²) in [5.41, 5.74) is 1.02. The third-order valence-corrected chi connectivity index (χ3v) is 2.31. The van der Waals surface area contributed by atoms with E-state index in [-0.39, 0.29) is 6.67 Å². The molecule has 66 valence electrons. The number of anilines is 1. The molecular weight excluding hydrogens is 173 g/mol. The smallest absolute Gasteiger partial charge is 0.107 e. The van der Waals surface area contributed by atoms with E-state index in [4.69, 9.17) is 0 Å². The highest BCUT2D eigenvalue weighted by atomic mass is 32.2. The number of hydrogen-bond donors (Lipinski definition) is 1. The Kier molecular flexibility index (Phi) is 3.94. The second-order valence-electron chi connectivity index (χ2n) is 2.32. The fraction of sp³-hybridized carbons (Fsp3) is 0.333. The Labute approximate surface area is 76.4 Å². The van der Waals surface area contributed by atoms with Crippen LogP contribution in [0.5, 0.6) is 0 Å². The van der Waals surface area contributed by atoms with Crippen LogP contribution in [0.2, 0.25) is 0 Å². The van der Waals surface area contributed by atoms with Crippen LogP contribution in [0.4, 0.5) is 10.1 Å². The summed E-state index contributed by atoms with van der Waals surface area (Å²) < 4.78 is 11.8. The molecule has 0 atom stereocenters.